The lowest BCUT2D eigenvalue weighted by Crippen LogP contribution is -2.20. The summed E-state index contributed by atoms with van der Waals surface area (Å²) in [6.45, 7) is 4.86. The third-order valence-electron chi connectivity index (χ3n) is 3.54. The Balaban J connectivity index is 2.15. The maximum absolute atomic E-state index is 6.19. The number of hydrogen-bond acceptors (Lipinski definition) is 3. The van der Waals surface area contributed by atoms with Gasteiger partial charge >= 0.3 is 0 Å². The molecule has 0 amide bonds. The summed E-state index contributed by atoms with van der Waals surface area (Å²) in [5.41, 5.74) is 7.10. The van der Waals surface area contributed by atoms with Crippen LogP contribution in [0.25, 0.3) is 0 Å². The van der Waals surface area contributed by atoms with Crippen LogP contribution in [0.3, 0.4) is 0 Å². The van der Waals surface area contributed by atoms with Crippen molar-refractivity contribution in [3.05, 3.63) is 35.9 Å². The fraction of sp³-hybridized carbons (Fsp3) is 0.556. The average Bonchev–Trinajstić information content (AvgIpc) is 2.48. The molecular formula is C18H27NO2. The first-order valence-corrected chi connectivity index (χ1v) is 8.03. The first-order valence-electron chi connectivity index (χ1n) is 8.03. The van der Waals surface area contributed by atoms with Gasteiger partial charge in [0.1, 0.15) is 17.6 Å². The lowest BCUT2D eigenvalue weighted by Gasteiger charge is -2.21. The quantitative estimate of drug-likeness (QED) is 0.775. The van der Waals surface area contributed by atoms with Gasteiger partial charge in [0.15, 0.2) is 0 Å². The van der Waals surface area contributed by atoms with E-state index in [0.29, 0.717) is 0 Å². The van der Waals surface area contributed by atoms with Crippen LogP contribution in [-0.4, -0.2) is 18.8 Å². The summed E-state index contributed by atoms with van der Waals surface area (Å²) < 4.78 is 11.9. The summed E-state index contributed by atoms with van der Waals surface area (Å²) in [6.07, 6.45) is 9.79. The average molecular weight is 289 g/mol. The Morgan fingerprint density at radius 1 is 1.38 bits per heavy atom. The van der Waals surface area contributed by atoms with Crippen molar-refractivity contribution in [3.63, 3.8) is 0 Å². The lowest BCUT2D eigenvalue weighted by atomic mass is 10.0. The Morgan fingerprint density at radius 2 is 2.24 bits per heavy atom. The highest BCUT2D eigenvalue weighted by atomic mass is 16.5. The molecule has 1 aromatic carbocycles. The Morgan fingerprint density at radius 3 is 2.90 bits per heavy atom. The van der Waals surface area contributed by atoms with Gasteiger partial charge in [-0.15, -0.1) is 0 Å². The molecule has 2 unspecified atom stereocenters. The van der Waals surface area contributed by atoms with E-state index in [1.165, 1.54) is 6.42 Å². The zero-order chi connectivity index (χ0) is 15.1. The highest BCUT2D eigenvalue weighted by molar-refractivity contribution is 5.41. The van der Waals surface area contributed by atoms with Gasteiger partial charge in [-0.3, -0.25) is 0 Å². The second kappa shape index (κ2) is 8.08. The van der Waals surface area contributed by atoms with Gasteiger partial charge in [0.25, 0.3) is 0 Å². The Bertz CT molecular complexity index is 468. The monoisotopic (exact) mass is 289 g/mol. The maximum atomic E-state index is 6.19. The van der Waals surface area contributed by atoms with Crippen LogP contribution in [0.5, 0.6) is 11.5 Å². The highest BCUT2D eigenvalue weighted by Gasteiger charge is 2.14. The van der Waals surface area contributed by atoms with Crippen molar-refractivity contribution in [2.24, 2.45) is 5.73 Å². The largest absolute Gasteiger partial charge is 0.493 e. The molecule has 1 aliphatic carbocycles. The van der Waals surface area contributed by atoms with Crippen LogP contribution >= 0.6 is 0 Å². The molecular weight excluding hydrogens is 262 g/mol. The Kier molecular flexibility index (Phi) is 6.12. The molecule has 2 rings (SSSR count). The molecule has 1 aromatic rings. The van der Waals surface area contributed by atoms with E-state index in [1.54, 1.807) is 0 Å². The first-order chi connectivity index (χ1) is 10.2. The second-order valence-electron chi connectivity index (χ2n) is 5.81. The van der Waals surface area contributed by atoms with Gasteiger partial charge in [0, 0.05) is 12.1 Å². The molecule has 0 saturated heterocycles. The second-order valence-corrected chi connectivity index (χ2v) is 5.81. The van der Waals surface area contributed by atoms with E-state index in [4.69, 9.17) is 15.2 Å². The molecule has 3 heteroatoms. The minimum Gasteiger partial charge on any atom is -0.493 e. The van der Waals surface area contributed by atoms with Crippen LogP contribution in [0.1, 0.15) is 45.1 Å². The summed E-state index contributed by atoms with van der Waals surface area (Å²) in [5, 5.41) is 0. The molecule has 0 radical (unpaired) electrons. The van der Waals surface area contributed by atoms with Gasteiger partial charge in [-0.05, 0) is 56.7 Å². The molecule has 2 atom stereocenters. The number of ether oxygens (including phenoxy) is 2. The van der Waals surface area contributed by atoms with E-state index in [1.807, 2.05) is 19.1 Å². The van der Waals surface area contributed by atoms with Crippen molar-refractivity contribution in [3.8, 4) is 11.5 Å². The van der Waals surface area contributed by atoms with Gasteiger partial charge in [-0.1, -0.05) is 19.1 Å². The van der Waals surface area contributed by atoms with E-state index in [9.17, 15) is 0 Å². The fourth-order valence-corrected chi connectivity index (χ4v) is 2.51. The van der Waals surface area contributed by atoms with E-state index in [2.05, 4.69) is 25.1 Å². The number of nitrogens with two attached hydrogens (primary N) is 1. The number of allylic oxidation sites excluding steroid dienone is 1. The molecule has 0 spiro atoms. The van der Waals surface area contributed by atoms with E-state index in [0.717, 1.165) is 49.4 Å². The van der Waals surface area contributed by atoms with Gasteiger partial charge < -0.3 is 15.2 Å². The fourth-order valence-electron chi connectivity index (χ4n) is 2.51. The number of benzene rings is 1. The van der Waals surface area contributed by atoms with Crippen molar-refractivity contribution in [2.45, 2.75) is 58.1 Å². The molecule has 0 aromatic heterocycles. The van der Waals surface area contributed by atoms with Gasteiger partial charge in [0.05, 0.1) is 6.61 Å². The first kappa shape index (κ1) is 15.9. The van der Waals surface area contributed by atoms with Crippen LogP contribution in [0.2, 0.25) is 0 Å². The third kappa shape index (κ3) is 5.09. The SMILES string of the molecule is CCCOc1ccc(CC(C)N)c(OC2C=CCCC2)c1. The molecule has 0 heterocycles. The molecule has 21 heavy (non-hydrogen) atoms. The van der Waals surface area contributed by atoms with Crippen LogP contribution in [0, 0.1) is 0 Å². The van der Waals surface area contributed by atoms with Crippen LogP contribution in [0.4, 0.5) is 0 Å². The van der Waals surface area contributed by atoms with Gasteiger partial charge in [-0.2, -0.15) is 0 Å². The van der Waals surface area contributed by atoms with Gasteiger partial charge in [-0.25, -0.2) is 0 Å². The van der Waals surface area contributed by atoms with E-state index < -0.39 is 0 Å². The minimum absolute atomic E-state index is 0.122. The molecule has 0 saturated carbocycles. The van der Waals surface area contributed by atoms with Crippen LogP contribution in [-0.2, 0) is 6.42 Å². The van der Waals surface area contributed by atoms with Crippen molar-refractivity contribution in [1.82, 2.24) is 0 Å². The smallest absolute Gasteiger partial charge is 0.127 e. The Labute approximate surface area is 128 Å². The van der Waals surface area contributed by atoms with Crippen LogP contribution in [0.15, 0.2) is 30.4 Å². The summed E-state index contributed by atoms with van der Waals surface area (Å²) in [6, 6.07) is 6.22. The lowest BCUT2D eigenvalue weighted by molar-refractivity contribution is 0.225. The minimum atomic E-state index is 0.122. The highest BCUT2D eigenvalue weighted by Crippen LogP contribution is 2.29. The molecule has 3 nitrogen and oxygen atoms in total. The van der Waals surface area contributed by atoms with Crippen molar-refractivity contribution in [1.29, 1.82) is 0 Å². The predicted molar refractivity (Wildman–Crippen MR) is 87.0 cm³/mol. The van der Waals surface area contributed by atoms with Crippen molar-refractivity contribution >= 4 is 0 Å². The molecule has 0 bridgehead atoms. The molecule has 2 N–H and O–H groups in total. The molecule has 116 valence electrons. The normalized spacial score (nSPS) is 19.3. The zero-order valence-corrected chi connectivity index (χ0v) is 13.2. The summed E-state index contributed by atoms with van der Waals surface area (Å²) in [7, 11) is 0. The summed E-state index contributed by atoms with van der Waals surface area (Å²) >= 11 is 0. The third-order valence-corrected chi connectivity index (χ3v) is 3.54. The number of rotatable bonds is 7. The van der Waals surface area contributed by atoms with Crippen LogP contribution < -0.4 is 15.2 Å². The standard InChI is InChI=1S/C18H27NO2/c1-3-11-20-17-10-9-15(12-14(2)19)18(13-17)21-16-7-5-4-6-8-16/h5,7,9-10,13-14,16H,3-4,6,8,11-12,19H2,1-2H3. The maximum Gasteiger partial charge on any atom is 0.127 e. The molecule has 0 fully saturated rings. The summed E-state index contributed by atoms with van der Waals surface area (Å²) in [4.78, 5) is 0. The Hall–Kier alpha value is -1.48. The predicted octanol–water partition coefficient (Wildman–Crippen LogP) is 3.85. The van der Waals surface area contributed by atoms with Gasteiger partial charge in [0.2, 0.25) is 0 Å². The van der Waals surface area contributed by atoms with E-state index >= 15 is 0 Å². The van der Waals surface area contributed by atoms with Crippen molar-refractivity contribution in [2.75, 3.05) is 6.61 Å². The topological polar surface area (TPSA) is 44.5 Å². The zero-order valence-electron chi connectivity index (χ0n) is 13.2. The van der Waals surface area contributed by atoms with E-state index in [-0.39, 0.29) is 12.1 Å². The molecule has 0 aliphatic heterocycles. The molecule has 1 aliphatic rings. The summed E-state index contributed by atoms with van der Waals surface area (Å²) in [5.74, 6) is 1.79. The van der Waals surface area contributed by atoms with Crippen molar-refractivity contribution < 1.29 is 9.47 Å². The number of hydrogen-bond donors (Lipinski definition) is 1.